The monoisotopic (exact) mass is 960 g/mol. The summed E-state index contributed by atoms with van der Waals surface area (Å²) in [6.45, 7) is 4.31. The van der Waals surface area contributed by atoms with Gasteiger partial charge in [-0.05, 0) is 119 Å². The molecule has 0 fully saturated rings. The first-order valence-electron chi connectivity index (χ1n) is 25.8. The minimum absolute atomic E-state index is 0.806. The van der Waals surface area contributed by atoms with Gasteiger partial charge in [0.25, 0.3) is 0 Å². The van der Waals surface area contributed by atoms with E-state index in [9.17, 15) is 0 Å². The van der Waals surface area contributed by atoms with Gasteiger partial charge in [-0.25, -0.2) is 0 Å². The van der Waals surface area contributed by atoms with Crippen LogP contribution in [0.25, 0.3) is 76.5 Å². The lowest BCUT2D eigenvalue weighted by Gasteiger charge is -2.36. The molecule has 15 rings (SSSR count). The summed E-state index contributed by atoms with van der Waals surface area (Å²) in [5.41, 5.74) is 18.4. The van der Waals surface area contributed by atoms with Crippen molar-refractivity contribution in [3.05, 3.63) is 288 Å². The molecule has 0 bridgehead atoms. The lowest BCUT2D eigenvalue weighted by atomic mass is 9.67. The third-order valence-electron chi connectivity index (χ3n) is 15.8. The minimum atomic E-state index is -0.806. The number of aryl methyl sites for hydroxylation is 2. The smallest absolute Gasteiger partial charge is 0.159 e. The molecule has 2 aromatic heterocycles. The maximum absolute atomic E-state index is 6.92. The first kappa shape index (κ1) is 43.0. The minimum Gasteiger partial charge on any atom is -0.454 e. The van der Waals surface area contributed by atoms with Crippen LogP contribution in [0.4, 0.5) is 34.1 Å². The van der Waals surface area contributed by atoms with Gasteiger partial charge in [-0.15, -0.1) is 0 Å². The van der Waals surface area contributed by atoms with Crippen molar-refractivity contribution < 1.29 is 8.83 Å². The molecule has 0 unspecified atom stereocenters. The van der Waals surface area contributed by atoms with E-state index in [-0.39, 0.29) is 0 Å². The largest absolute Gasteiger partial charge is 0.454 e. The number of para-hydroxylation sites is 4. The van der Waals surface area contributed by atoms with Crippen molar-refractivity contribution in [2.45, 2.75) is 19.3 Å². The van der Waals surface area contributed by atoms with E-state index in [2.05, 4.69) is 278 Å². The molecule has 2 heterocycles. The van der Waals surface area contributed by atoms with E-state index >= 15 is 0 Å². The van der Waals surface area contributed by atoms with Crippen LogP contribution in [0.2, 0.25) is 0 Å². The Balaban J connectivity index is 1.10. The van der Waals surface area contributed by atoms with Gasteiger partial charge in [0, 0.05) is 43.7 Å². The van der Waals surface area contributed by atoms with E-state index in [0.29, 0.717) is 0 Å². The first-order chi connectivity index (χ1) is 37.0. The zero-order valence-corrected chi connectivity index (χ0v) is 41.5. The second-order valence-corrected chi connectivity index (χ2v) is 20.1. The maximum atomic E-state index is 6.92. The Morgan fingerprint density at radius 2 is 0.640 bits per heavy atom. The van der Waals surface area contributed by atoms with Crippen LogP contribution in [-0.4, -0.2) is 0 Å². The highest BCUT2D eigenvalue weighted by atomic mass is 16.3. The molecule has 0 radical (unpaired) electrons. The SMILES string of the molecule is Cc1ccc(N(c2cc3c(c4ccccc24)-c2c(cc(N(c4ccc(C)cc4)c4cccc5c4oc4ccccc45)c4ccccc24)C3(c2ccccc2)c2ccccc2)c2cccc3c2oc2ccccc23)cc1. The third kappa shape index (κ3) is 6.36. The van der Waals surface area contributed by atoms with Gasteiger partial charge in [-0.2, -0.15) is 0 Å². The van der Waals surface area contributed by atoms with E-state index in [1.165, 1.54) is 55.3 Å². The van der Waals surface area contributed by atoms with Crippen LogP contribution >= 0.6 is 0 Å². The van der Waals surface area contributed by atoms with Crippen molar-refractivity contribution >= 4 is 99.5 Å². The molecule has 1 aliphatic carbocycles. The maximum Gasteiger partial charge on any atom is 0.159 e. The van der Waals surface area contributed by atoms with Crippen LogP contribution in [0.3, 0.4) is 0 Å². The molecule has 0 atom stereocenters. The fourth-order valence-corrected chi connectivity index (χ4v) is 12.5. The summed E-state index contributed by atoms with van der Waals surface area (Å²) < 4.78 is 13.8. The van der Waals surface area contributed by atoms with Crippen molar-refractivity contribution in [2.75, 3.05) is 9.80 Å². The summed E-state index contributed by atoms with van der Waals surface area (Å²) in [5.74, 6) is 0. The lowest BCUT2D eigenvalue weighted by molar-refractivity contribution is 0.669. The first-order valence-corrected chi connectivity index (χ1v) is 25.8. The van der Waals surface area contributed by atoms with Gasteiger partial charge >= 0.3 is 0 Å². The van der Waals surface area contributed by atoms with E-state index < -0.39 is 5.41 Å². The molecule has 354 valence electrons. The second-order valence-electron chi connectivity index (χ2n) is 20.1. The standard InChI is InChI=1S/C71H48N2O2/c1-45-35-39-49(40-36-45)72(61-31-17-29-57-53-25-13-15-33-65(53)74-69(57)61)63-43-59-67(55-27-11-9-23-51(55)63)68-56-28-12-10-24-52(56)64(44-60(68)71(59,47-19-5-3-6-20-47)48-21-7-4-8-22-48)73(50-41-37-46(2)38-42-50)62-32-18-30-58-54-26-14-16-34-66(54)75-70(58)62/h3-44H,1-2H3. The highest BCUT2D eigenvalue weighted by Gasteiger charge is 2.49. The molecule has 0 N–H and O–H groups in total. The molecule has 4 heteroatoms. The third-order valence-corrected chi connectivity index (χ3v) is 15.8. The summed E-state index contributed by atoms with van der Waals surface area (Å²) in [5, 5.41) is 8.98. The van der Waals surface area contributed by atoms with Crippen molar-refractivity contribution in [1.29, 1.82) is 0 Å². The van der Waals surface area contributed by atoms with Crippen LogP contribution in [0.5, 0.6) is 0 Å². The fraction of sp³-hybridized carbons (Fsp3) is 0.0423. The molecule has 0 spiro atoms. The quantitative estimate of drug-likeness (QED) is 0.152. The van der Waals surface area contributed by atoms with Gasteiger partial charge in [0.05, 0.1) is 28.2 Å². The average molecular weight is 961 g/mol. The van der Waals surface area contributed by atoms with Crippen molar-refractivity contribution in [3.63, 3.8) is 0 Å². The molecular weight excluding hydrogens is 913 g/mol. The number of nitrogens with zero attached hydrogens (tertiary/aromatic N) is 2. The zero-order valence-electron chi connectivity index (χ0n) is 41.5. The van der Waals surface area contributed by atoms with E-state index in [4.69, 9.17) is 8.83 Å². The molecule has 12 aromatic carbocycles. The number of fused-ring (bicyclic) bond motifs is 13. The molecular formula is C71H48N2O2. The number of furan rings is 2. The summed E-state index contributed by atoms with van der Waals surface area (Å²) in [6, 6.07) is 93.2. The molecule has 4 nitrogen and oxygen atoms in total. The number of hydrogen-bond acceptors (Lipinski definition) is 4. The summed E-state index contributed by atoms with van der Waals surface area (Å²) in [6.07, 6.45) is 0. The van der Waals surface area contributed by atoms with Gasteiger partial charge in [-0.1, -0.05) is 205 Å². The molecule has 0 saturated heterocycles. The molecule has 14 aromatic rings. The van der Waals surface area contributed by atoms with Crippen molar-refractivity contribution in [2.24, 2.45) is 0 Å². The average Bonchev–Trinajstić information content (AvgIpc) is 4.25. The molecule has 0 saturated carbocycles. The highest BCUT2D eigenvalue weighted by molar-refractivity contribution is 6.20. The van der Waals surface area contributed by atoms with Gasteiger partial charge < -0.3 is 18.6 Å². The second kappa shape index (κ2) is 16.7. The number of hydrogen-bond donors (Lipinski definition) is 0. The van der Waals surface area contributed by atoms with Gasteiger partial charge in [0.15, 0.2) is 11.2 Å². The number of benzene rings is 12. The van der Waals surface area contributed by atoms with Crippen LogP contribution in [0, 0.1) is 13.8 Å². The predicted molar refractivity (Wildman–Crippen MR) is 312 cm³/mol. The summed E-state index contributed by atoms with van der Waals surface area (Å²) in [4.78, 5) is 4.88. The molecule has 75 heavy (non-hydrogen) atoms. The Morgan fingerprint density at radius 1 is 0.293 bits per heavy atom. The zero-order chi connectivity index (χ0) is 49.8. The Morgan fingerprint density at radius 3 is 1.05 bits per heavy atom. The van der Waals surface area contributed by atoms with E-state index in [1.807, 2.05) is 0 Å². The van der Waals surface area contributed by atoms with Crippen LogP contribution < -0.4 is 9.80 Å². The Bertz CT molecular complexity index is 4260. The molecule has 0 aliphatic heterocycles. The highest BCUT2D eigenvalue weighted by Crippen LogP contribution is 2.63. The Labute approximate surface area is 434 Å². The van der Waals surface area contributed by atoms with E-state index in [1.54, 1.807) is 0 Å². The number of anilines is 6. The van der Waals surface area contributed by atoms with Gasteiger partial charge in [0.1, 0.15) is 11.2 Å². The summed E-state index contributed by atoms with van der Waals surface area (Å²) in [7, 11) is 0. The fourth-order valence-electron chi connectivity index (χ4n) is 12.5. The van der Waals surface area contributed by atoms with E-state index in [0.717, 1.165) is 88.8 Å². The van der Waals surface area contributed by atoms with Crippen molar-refractivity contribution in [1.82, 2.24) is 0 Å². The normalized spacial score (nSPS) is 12.8. The Kier molecular flexibility index (Phi) is 9.58. The van der Waals surface area contributed by atoms with Gasteiger partial charge in [0.2, 0.25) is 0 Å². The van der Waals surface area contributed by atoms with Crippen molar-refractivity contribution in [3.8, 4) is 11.1 Å². The topological polar surface area (TPSA) is 32.8 Å². The van der Waals surface area contributed by atoms with Crippen LogP contribution in [-0.2, 0) is 5.41 Å². The number of rotatable bonds is 8. The van der Waals surface area contributed by atoms with Gasteiger partial charge in [-0.3, -0.25) is 0 Å². The molecule has 0 amide bonds. The van der Waals surface area contributed by atoms with Crippen LogP contribution in [0.1, 0.15) is 33.4 Å². The van der Waals surface area contributed by atoms with Crippen LogP contribution in [0.15, 0.2) is 264 Å². The molecule has 1 aliphatic rings. The Hall–Kier alpha value is -9.64. The predicted octanol–water partition coefficient (Wildman–Crippen LogP) is 19.7. The lowest BCUT2D eigenvalue weighted by Crippen LogP contribution is -2.29. The summed E-state index contributed by atoms with van der Waals surface area (Å²) >= 11 is 0.